The number of nitrogens with zero attached hydrogens (tertiary/aromatic N) is 3. The lowest BCUT2D eigenvalue weighted by Crippen LogP contribution is -2.46. The van der Waals surface area contributed by atoms with E-state index in [2.05, 4.69) is 15.3 Å². The number of aromatic nitrogens is 2. The van der Waals surface area contributed by atoms with Crippen LogP contribution in [0.1, 0.15) is 26.2 Å². The lowest BCUT2D eigenvalue weighted by atomic mass is 10.0. The molecule has 1 amide bonds. The molecule has 1 atom stereocenters. The molecule has 0 saturated carbocycles. The van der Waals surface area contributed by atoms with Crippen molar-refractivity contribution in [3.8, 4) is 0 Å². The number of aryl methyl sites for hydroxylation is 1. The summed E-state index contributed by atoms with van der Waals surface area (Å²) in [6, 6.07) is 1.86. The summed E-state index contributed by atoms with van der Waals surface area (Å²) in [7, 11) is 0. The second kappa shape index (κ2) is 7.12. The van der Waals surface area contributed by atoms with Gasteiger partial charge in [0.15, 0.2) is 0 Å². The second-order valence-electron chi connectivity index (χ2n) is 6.20. The first-order chi connectivity index (χ1) is 11.2. The maximum atomic E-state index is 12.1. The molecule has 2 saturated heterocycles. The van der Waals surface area contributed by atoms with Gasteiger partial charge in [-0.1, -0.05) is 0 Å². The Morgan fingerprint density at radius 3 is 2.78 bits per heavy atom. The zero-order valence-electron chi connectivity index (χ0n) is 13.5. The van der Waals surface area contributed by atoms with Crippen LogP contribution in [0.4, 0.5) is 5.69 Å². The summed E-state index contributed by atoms with van der Waals surface area (Å²) in [4.78, 5) is 26.2. The first-order valence-electron chi connectivity index (χ1n) is 8.37. The maximum absolute atomic E-state index is 12.1. The molecule has 2 fully saturated rings. The van der Waals surface area contributed by atoms with Gasteiger partial charge in [-0.3, -0.25) is 9.59 Å². The van der Waals surface area contributed by atoms with Gasteiger partial charge in [-0.25, -0.2) is 4.68 Å². The molecule has 1 aromatic rings. The SMILES string of the molecule is CCn1ncc(N2CCC(NC(=O)C3CCOC3)CC2)cc1=O. The fourth-order valence-corrected chi connectivity index (χ4v) is 3.18. The largest absolute Gasteiger partial charge is 0.381 e. The molecular weight excluding hydrogens is 296 g/mol. The number of carbonyl (C=O) groups excluding carboxylic acids is 1. The van der Waals surface area contributed by atoms with Crippen molar-refractivity contribution in [3.05, 3.63) is 22.6 Å². The van der Waals surface area contributed by atoms with Gasteiger partial charge >= 0.3 is 0 Å². The third-order valence-corrected chi connectivity index (χ3v) is 4.66. The summed E-state index contributed by atoms with van der Waals surface area (Å²) in [5.41, 5.74) is 0.801. The highest BCUT2D eigenvalue weighted by Crippen LogP contribution is 2.19. The Morgan fingerprint density at radius 2 is 2.17 bits per heavy atom. The lowest BCUT2D eigenvalue weighted by Gasteiger charge is -2.34. The fourth-order valence-electron chi connectivity index (χ4n) is 3.18. The molecule has 126 valence electrons. The fraction of sp³-hybridized carbons (Fsp3) is 0.688. The van der Waals surface area contributed by atoms with Gasteiger partial charge in [-0.15, -0.1) is 0 Å². The molecule has 1 N–H and O–H groups in total. The number of rotatable bonds is 4. The van der Waals surface area contributed by atoms with Crippen molar-refractivity contribution in [3.63, 3.8) is 0 Å². The summed E-state index contributed by atoms with van der Waals surface area (Å²) in [5.74, 6) is 0.132. The Balaban J connectivity index is 1.53. The molecule has 2 aliphatic heterocycles. The van der Waals surface area contributed by atoms with Crippen molar-refractivity contribution < 1.29 is 9.53 Å². The minimum atomic E-state index is -0.0679. The highest BCUT2D eigenvalue weighted by Gasteiger charge is 2.27. The van der Waals surface area contributed by atoms with Crippen molar-refractivity contribution in [2.75, 3.05) is 31.2 Å². The van der Waals surface area contributed by atoms with E-state index < -0.39 is 0 Å². The number of hydrogen-bond acceptors (Lipinski definition) is 5. The van der Waals surface area contributed by atoms with Gasteiger partial charge in [-0.2, -0.15) is 5.10 Å². The molecule has 1 aromatic heterocycles. The van der Waals surface area contributed by atoms with Crippen molar-refractivity contribution in [2.45, 2.75) is 38.8 Å². The van der Waals surface area contributed by atoms with E-state index in [0.29, 0.717) is 19.8 Å². The number of carbonyl (C=O) groups is 1. The van der Waals surface area contributed by atoms with Crippen LogP contribution in [0.15, 0.2) is 17.1 Å². The molecule has 0 aliphatic carbocycles. The van der Waals surface area contributed by atoms with E-state index in [4.69, 9.17) is 4.74 Å². The number of hydrogen-bond donors (Lipinski definition) is 1. The van der Waals surface area contributed by atoms with Gasteiger partial charge < -0.3 is 15.0 Å². The van der Waals surface area contributed by atoms with Crippen LogP contribution >= 0.6 is 0 Å². The third-order valence-electron chi connectivity index (χ3n) is 4.66. The molecule has 7 heteroatoms. The minimum Gasteiger partial charge on any atom is -0.381 e. The van der Waals surface area contributed by atoms with Gasteiger partial charge in [0.25, 0.3) is 5.56 Å². The molecule has 7 nitrogen and oxygen atoms in total. The van der Waals surface area contributed by atoms with E-state index >= 15 is 0 Å². The van der Waals surface area contributed by atoms with Crippen molar-refractivity contribution >= 4 is 11.6 Å². The monoisotopic (exact) mass is 320 g/mol. The molecule has 23 heavy (non-hydrogen) atoms. The van der Waals surface area contributed by atoms with E-state index in [1.807, 2.05) is 6.92 Å². The average molecular weight is 320 g/mol. The molecule has 1 unspecified atom stereocenters. The lowest BCUT2D eigenvalue weighted by molar-refractivity contribution is -0.125. The van der Waals surface area contributed by atoms with Gasteiger partial charge in [0, 0.05) is 38.3 Å². The van der Waals surface area contributed by atoms with Gasteiger partial charge in [-0.05, 0) is 26.2 Å². The summed E-state index contributed by atoms with van der Waals surface area (Å²) < 4.78 is 6.71. The summed E-state index contributed by atoms with van der Waals surface area (Å²) >= 11 is 0. The second-order valence-corrected chi connectivity index (χ2v) is 6.20. The van der Waals surface area contributed by atoms with Crippen LogP contribution in [0.5, 0.6) is 0 Å². The zero-order valence-corrected chi connectivity index (χ0v) is 13.5. The van der Waals surface area contributed by atoms with Crippen LogP contribution in [-0.2, 0) is 16.1 Å². The zero-order chi connectivity index (χ0) is 16.2. The predicted octanol–water partition coefficient (Wildman–Crippen LogP) is 0.385. The summed E-state index contributed by atoms with van der Waals surface area (Å²) in [6.07, 6.45) is 4.34. The van der Waals surface area contributed by atoms with E-state index in [1.54, 1.807) is 12.3 Å². The highest BCUT2D eigenvalue weighted by atomic mass is 16.5. The van der Waals surface area contributed by atoms with E-state index in [1.165, 1.54) is 4.68 Å². The quantitative estimate of drug-likeness (QED) is 0.868. The van der Waals surface area contributed by atoms with Crippen molar-refractivity contribution in [2.24, 2.45) is 5.92 Å². The molecule has 3 rings (SSSR count). The van der Waals surface area contributed by atoms with E-state index in [9.17, 15) is 9.59 Å². The predicted molar refractivity (Wildman–Crippen MR) is 86.5 cm³/mol. The Bertz CT molecular complexity index is 602. The van der Waals surface area contributed by atoms with Crippen molar-refractivity contribution in [1.82, 2.24) is 15.1 Å². The average Bonchev–Trinajstić information content (AvgIpc) is 3.10. The summed E-state index contributed by atoms with van der Waals surface area (Å²) in [6.45, 7) is 5.36. The minimum absolute atomic E-state index is 0.0128. The van der Waals surface area contributed by atoms with Gasteiger partial charge in [0.1, 0.15) is 0 Å². The Kier molecular flexibility index (Phi) is 4.95. The molecule has 2 aliphatic rings. The Morgan fingerprint density at radius 1 is 1.39 bits per heavy atom. The van der Waals surface area contributed by atoms with Gasteiger partial charge in [0.2, 0.25) is 5.91 Å². The van der Waals surface area contributed by atoms with E-state index in [0.717, 1.165) is 38.0 Å². The molecule has 0 aromatic carbocycles. The molecule has 0 bridgehead atoms. The number of nitrogens with one attached hydrogen (secondary N) is 1. The smallest absolute Gasteiger partial charge is 0.268 e. The van der Waals surface area contributed by atoms with E-state index in [-0.39, 0.29) is 23.4 Å². The Labute approximate surface area is 135 Å². The number of ether oxygens (including phenoxy) is 1. The van der Waals surface area contributed by atoms with Crippen LogP contribution in [0.2, 0.25) is 0 Å². The van der Waals surface area contributed by atoms with Crippen LogP contribution < -0.4 is 15.8 Å². The number of piperidine rings is 1. The number of amides is 1. The third kappa shape index (κ3) is 3.72. The molecule has 0 spiro atoms. The topological polar surface area (TPSA) is 76.5 Å². The first kappa shape index (κ1) is 16.0. The number of anilines is 1. The highest BCUT2D eigenvalue weighted by molar-refractivity contribution is 5.79. The molecular formula is C16H24N4O3. The van der Waals surface area contributed by atoms with Crippen LogP contribution in [0, 0.1) is 5.92 Å². The first-order valence-corrected chi connectivity index (χ1v) is 8.37. The maximum Gasteiger partial charge on any atom is 0.268 e. The molecule has 0 radical (unpaired) electrons. The van der Waals surface area contributed by atoms with Crippen LogP contribution in [0.3, 0.4) is 0 Å². The molecule has 3 heterocycles. The van der Waals surface area contributed by atoms with Crippen molar-refractivity contribution in [1.29, 1.82) is 0 Å². The van der Waals surface area contributed by atoms with Gasteiger partial charge in [0.05, 0.1) is 24.4 Å². The van der Waals surface area contributed by atoms with Crippen LogP contribution in [-0.4, -0.2) is 48.0 Å². The summed E-state index contributed by atoms with van der Waals surface area (Å²) in [5, 5.41) is 7.31. The Hall–Kier alpha value is -1.89. The standard InChI is InChI=1S/C16H24N4O3/c1-2-20-15(21)9-14(10-17-20)19-6-3-13(4-7-19)18-16(22)12-5-8-23-11-12/h9-10,12-13H,2-8,11H2,1H3,(H,18,22). The normalized spacial score (nSPS) is 22.3. The van der Waals surface area contributed by atoms with Crippen LogP contribution in [0.25, 0.3) is 0 Å².